The smallest absolute Gasteiger partial charge is 0.225 e. The van der Waals surface area contributed by atoms with E-state index in [-0.39, 0.29) is 29.8 Å². The van der Waals surface area contributed by atoms with Crippen LogP contribution in [0.5, 0.6) is 0 Å². The summed E-state index contributed by atoms with van der Waals surface area (Å²) in [7, 11) is 1.79. The fraction of sp³-hybridized carbons (Fsp3) is 0.529. The Labute approximate surface area is 141 Å². The Balaban J connectivity index is 1.74. The van der Waals surface area contributed by atoms with Crippen molar-refractivity contribution >= 4 is 23.4 Å². The lowest BCUT2D eigenvalue weighted by molar-refractivity contribution is -0.127. The second-order valence-electron chi connectivity index (χ2n) is 6.34. The van der Waals surface area contributed by atoms with Crippen molar-refractivity contribution in [2.24, 2.45) is 5.92 Å². The van der Waals surface area contributed by atoms with Gasteiger partial charge in [0, 0.05) is 24.4 Å². The predicted molar refractivity (Wildman–Crippen MR) is 89.1 cm³/mol. The Morgan fingerprint density at radius 1 is 1.26 bits per heavy atom. The molecule has 1 aromatic carbocycles. The van der Waals surface area contributed by atoms with Gasteiger partial charge in [-0.25, -0.2) is 0 Å². The molecule has 2 aliphatic rings. The first-order valence-electron chi connectivity index (χ1n) is 8.08. The molecule has 0 radical (unpaired) electrons. The molecule has 2 fully saturated rings. The van der Waals surface area contributed by atoms with Crippen LogP contribution in [0, 0.1) is 5.92 Å². The molecule has 2 unspecified atom stereocenters. The minimum atomic E-state index is -0.184. The number of halogens is 1. The number of nitrogens with zero attached hydrogens (tertiary/aromatic N) is 1. The lowest BCUT2D eigenvalue weighted by Crippen LogP contribution is -2.44. The van der Waals surface area contributed by atoms with Crippen LogP contribution in [0.15, 0.2) is 24.3 Å². The zero-order chi connectivity index (χ0) is 16.4. The standard InChI is InChI=1S/C17H22ClN3O2/c1-21-15(22)10-14(16(21)11-2-4-13(18)5-3-11)20-17(23)12-6-8-19-9-7-12/h2-5,12,14,16,19H,6-10H2,1H3,(H,20,23). The molecule has 124 valence electrons. The van der Waals surface area contributed by atoms with Gasteiger partial charge in [0.1, 0.15) is 0 Å². The lowest BCUT2D eigenvalue weighted by Gasteiger charge is -2.28. The van der Waals surface area contributed by atoms with Crippen LogP contribution in [-0.2, 0) is 9.59 Å². The molecule has 2 atom stereocenters. The van der Waals surface area contributed by atoms with Crippen molar-refractivity contribution in [3.63, 3.8) is 0 Å². The van der Waals surface area contributed by atoms with Crippen molar-refractivity contribution < 1.29 is 9.59 Å². The number of likely N-dealkylation sites (tertiary alicyclic amines) is 1. The fourth-order valence-electron chi connectivity index (χ4n) is 3.50. The van der Waals surface area contributed by atoms with Crippen LogP contribution >= 0.6 is 11.6 Å². The van der Waals surface area contributed by atoms with Gasteiger partial charge in [0.15, 0.2) is 0 Å². The summed E-state index contributed by atoms with van der Waals surface area (Å²) in [5, 5.41) is 7.04. The maximum atomic E-state index is 12.5. The van der Waals surface area contributed by atoms with Crippen LogP contribution in [0.25, 0.3) is 0 Å². The van der Waals surface area contributed by atoms with Gasteiger partial charge in [-0.2, -0.15) is 0 Å². The Hall–Kier alpha value is -1.59. The van der Waals surface area contributed by atoms with E-state index in [4.69, 9.17) is 11.6 Å². The van der Waals surface area contributed by atoms with Gasteiger partial charge in [0.2, 0.25) is 11.8 Å². The lowest BCUT2D eigenvalue weighted by atomic mass is 9.95. The highest BCUT2D eigenvalue weighted by atomic mass is 35.5. The van der Waals surface area contributed by atoms with Crippen molar-refractivity contribution in [2.75, 3.05) is 20.1 Å². The monoisotopic (exact) mass is 335 g/mol. The van der Waals surface area contributed by atoms with Crippen LogP contribution in [0.4, 0.5) is 0 Å². The minimum Gasteiger partial charge on any atom is -0.350 e. The molecule has 2 amide bonds. The second kappa shape index (κ2) is 6.89. The quantitative estimate of drug-likeness (QED) is 0.884. The van der Waals surface area contributed by atoms with E-state index in [1.807, 2.05) is 24.3 Å². The number of likely N-dealkylation sites (N-methyl/N-ethyl adjacent to an activating group) is 1. The summed E-state index contributed by atoms with van der Waals surface area (Å²) in [4.78, 5) is 26.4. The summed E-state index contributed by atoms with van der Waals surface area (Å²) in [6.45, 7) is 1.75. The molecule has 3 rings (SSSR count). The van der Waals surface area contributed by atoms with Crippen LogP contribution in [-0.4, -0.2) is 42.9 Å². The first-order valence-corrected chi connectivity index (χ1v) is 8.46. The molecule has 2 saturated heterocycles. The second-order valence-corrected chi connectivity index (χ2v) is 6.78. The van der Waals surface area contributed by atoms with E-state index in [0.29, 0.717) is 11.4 Å². The van der Waals surface area contributed by atoms with E-state index in [2.05, 4.69) is 10.6 Å². The summed E-state index contributed by atoms with van der Waals surface area (Å²) in [6.07, 6.45) is 2.06. The van der Waals surface area contributed by atoms with Crippen molar-refractivity contribution in [1.82, 2.24) is 15.5 Å². The molecule has 6 heteroatoms. The number of hydrogen-bond acceptors (Lipinski definition) is 3. The molecular formula is C17H22ClN3O2. The average molecular weight is 336 g/mol. The van der Waals surface area contributed by atoms with Gasteiger partial charge in [-0.3, -0.25) is 9.59 Å². The van der Waals surface area contributed by atoms with Crippen molar-refractivity contribution in [3.8, 4) is 0 Å². The molecule has 2 aliphatic heterocycles. The number of piperidine rings is 1. The molecule has 1 aromatic rings. The Morgan fingerprint density at radius 3 is 2.57 bits per heavy atom. The number of hydrogen-bond donors (Lipinski definition) is 2. The molecule has 0 saturated carbocycles. The highest BCUT2D eigenvalue weighted by Crippen LogP contribution is 2.32. The average Bonchev–Trinajstić information content (AvgIpc) is 2.83. The molecule has 0 bridgehead atoms. The minimum absolute atomic E-state index is 0.0446. The number of nitrogens with one attached hydrogen (secondary N) is 2. The molecule has 0 aliphatic carbocycles. The normalized spacial score (nSPS) is 25.7. The number of benzene rings is 1. The van der Waals surface area contributed by atoms with E-state index in [1.165, 1.54) is 0 Å². The molecule has 5 nitrogen and oxygen atoms in total. The Morgan fingerprint density at radius 2 is 1.91 bits per heavy atom. The van der Waals surface area contributed by atoms with Gasteiger partial charge in [0.25, 0.3) is 0 Å². The highest BCUT2D eigenvalue weighted by molar-refractivity contribution is 6.30. The first kappa shape index (κ1) is 16.3. The Bertz CT molecular complexity index is 584. The zero-order valence-electron chi connectivity index (χ0n) is 13.2. The van der Waals surface area contributed by atoms with Crippen LogP contribution < -0.4 is 10.6 Å². The van der Waals surface area contributed by atoms with E-state index >= 15 is 0 Å². The molecule has 2 N–H and O–H groups in total. The molecule has 0 spiro atoms. The highest BCUT2D eigenvalue weighted by Gasteiger charge is 2.40. The third kappa shape index (κ3) is 3.51. The van der Waals surface area contributed by atoms with E-state index < -0.39 is 0 Å². The van der Waals surface area contributed by atoms with Gasteiger partial charge < -0.3 is 15.5 Å². The summed E-state index contributed by atoms with van der Waals surface area (Å²) in [6, 6.07) is 7.16. The number of amides is 2. The third-order valence-corrected chi connectivity index (χ3v) is 5.09. The van der Waals surface area contributed by atoms with Crippen LogP contribution in [0.2, 0.25) is 5.02 Å². The number of carbonyl (C=O) groups excluding carboxylic acids is 2. The van der Waals surface area contributed by atoms with Crippen molar-refractivity contribution in [3.05, 3.63) is 34.9 Å². The predicted octanol–water partition coefficient (Wildman–Crippen LogP) is 1.73. The molecule has 2 heterocycles. The third-order valence-electron chi connectivity index (χ3n) is 4.84. The maximum Gasteiger partial charge on any atom is 0.225 e. The maximum absolute atomic E-state index is 12.5. The van der Waals surface area contributed by atoms with E-state index in [9.17, 15) is 9.59 Å². The van der Waals surface area contributed by atoms with Gasteiger partial charge in [-0.05, 0) is 43.6 Å². The van der Waals surface area contributed by atoms with Gasteiger partial charge >= 0.3 is 0 Å². The van der Waals surface area contributed by atoms with Gasteiger partial charge in [-0.1, -0.05) is 23.7 Å². The topological polar surface area (TPSA) is 61.4 Å². The molecule has 23 heavy (non-hydrogen) atoms. The Kier molecular flexibility index (Phi) is 4.87. The van der Waals surface area contributed by atoms with Crippen molar-refractivity contribution in [1.29, 1.82) is 0 Å². The summed E-state index contributed by atoms with van der Waals surface area (Å²) in [5.74, 6) is 0.169. The van der Waals surface area contributed by atoms with Gasteiger partial charge in [-0.15, -0.1) is 0 Å². The van der Waals surface area contributed by atoms with Crippen LogP contribution in [0.1, 0.15) is 30.9 Å². The summed E-state index contributed by atoms with van der Waals surface area (Å²) in [5.41, 5.74) is 0.998. The van der Waals surface area contributed by atoms with Crippen LogP contribution in [0.3, 0.4) is 0 Å². The largest absolute Gasteiger partial charge is 0.350 e. The molecular weight excluding hydrogens is 314 g/mol. The molecule has 0 aromatic heterocycles. The number of carbonyl (C=O) groups is 2. The number of rotatable bonds is 3. The van der Waals surface area contributed by atoms with Crippen molar-refractivity contribution in [2.45, 2.75) is 31.3 Å². The first-order chi connectivity index (χ1) is 11.1. The zero-order valence-corrected chi connectivity index (χ0v) is 14.0. The van der Waals surface area contributed by atoms with E-state index in [0.717, 1.165) is 31.5 Å². The fourth-order valence-corrected chi connectivity index (χ4v) is 3.63. The van der Waals surface area contributed by atoms with E-state index in [1.54, 1.807) is 11.9 Å². The summed E-state index contributed by atoms with van der Waals surface area (Å²) >= 11 is 5.95. The summed E-state index contributed by atoms with van der Waals surface area (Å²) < 4.78 is 0. The van der Waals surface area contributed by atoms with Gasteiger partial charge in [0.05, 0.1) is 12.1 Å². The SMILES string of the molecule is CN1C(=O)CC(NC(=O)C2CCNCC2)C1c1ccc(Cl)cc1.